The summed E-state index contributed by atoms with van der Waals surface area (Å²) in [5.41, 5.74) is 6.15. The van der Waals surface area contributed by atoms with Crippen molar-refractivity contribution in [3.63, 3.8) is 0 Å². The van der Waals surface area contributed by atoms with E-state index in [2.05, 4.69) is 39.2 Å². The van der Waals surface area contributed by atoms with Crippen LogP contribution in [-0.4, -0.2) is 35.7 Å². The van der Waals surface area contributed by atoms with Gasteiger partial charge in [0.05, 0.1) is 12.6 Å². The third-order valence-corrected chi connectivity index (χ3v) is 4.72. The lowest BCUT2D eigenvalue weighted by molar-refractivity contribution is 0.137. The average Bonchev–Trinajstić information content (AvgIpc) is 2.72. The molecule has 3 nitrogen and oxygen atoms in total. The highest BCUT2D eigenvalue weighted by Crippen LogP contribution is 2.31. The molecule has 0 saturated carbocycles. The highest BCUT2D eigenvalue weighted by Gasteiger charge is 2.24. The van der Waals surface area contributed by atoms with Gasteiger partial charge in [-0.05, 0) is 41.9 Å². The summed E-state index contributed by atoms with van der Waals surface area (Å²) in [6.45, 7) is 6.06. The molecule has 104 valence electrons. The van der Waals surface area contributed by atoms with Gasteiger partial charge in [-0.25, -0.2) is 0 Å². The topological polar surface area (TPSA) is 49.5 Å². The Bertz CT molecular complexity index is 343. The summed E-state index contributed by atoms with van der Waals surface area (Å²) in [6.07, 6.45) is 2.29. The van der Waals surface area contributed by atoms with Gasteiger partial charge < -0.3 is 10.8 Å². The molecule has 0 aliphatic rings. The first-order valence-corrected chi connectivity index (χ1v) is 8.11. The molecule has 0 aliphatic carbocycles. The minimum Gasteiger partial charge on any atom is -0.395 e. The van der Waals surface area contributed by atoms with Crippen LogP contribution in [0.2, 0.25) is 0 Å². The lowest BCUT2D eigenvalue weighted by Crippen LogP contribution is -2.41. The molecule has 0 aliphatic heterocycles. The summed E-state index contributed by atoms with van der Waals surface area (Å²) in [6, 6.07) is 2.38. The second kappa shape index (κ2) is 8.27. The van der Waals surface area contributed by atoms with Crippen molar-refractivity contribution in [3.05, 3.63) is 20.8 Å². The molecular weight excluding hydrogens is 312 g/mol. The molecule has 0 radical (unpaired) electrons. The minimum absolute atomic E-state index is 0.0546. The maximum atomic E-state index is 9.23. The Hall–Kier alpha value is 0.0600. The number of hydrogen-bond acceptors (Lipinski definition) is 4. The van der Waals surface area contributed by atoms with E-state index in [1.54, 1.807) is 11.3 Å². The first-order chi connectivity index (χ1) is 8.60. The normalized spacial score (nSPS) is 15.0. The molecule has 0 saturated heterocycles. The zero-order valence-corrected chi connectivity index (χ0v) is 13.5. The van der Waals surface area contributed by atoms with Crippen LogP contribution in [0.15, 0.2) is 15.9 Å². The van der Waals surface area contributed by atoms with Gasteiger partial charge in [0, 0.05) is 27.3 Å². The predicted molar refractivity (Wildman–Crippen MR) is 82.0 cm³/mol. The van der Waals surface area contributed by atoms with Crippen molar-refractivity contribution >= 4 is 27.3 Å². The zero-order chi connectivity index (χ0) is 13.5. The van der Waals surface area contributed by atoms with Crippen LogP contribution >= 0.6 is 27.3 Å². The van der Waals surface area contributed by atoms with Crippen molar-refractivity contribution < 1.29 is 5.11 Å². The molecule has 1 heterocycles. The molecule has 2 unspecified atom stereocenters. The smallest absolute Gasteiger partial charge is 0.0591 e. The van der Waals surface area contributed by atoms with Crippen molar-refractivity contribution in [1.82, 2.24) is 4.90 Å². The van der Waals surface area contributed by atoms with Crippen molar-refractivity contribution in [3.8, 4) is 0 Å². The van der Waals surface area contributed by atoms with Crippen molar-refractivity contribution in [2.75, 3.05) is 19.7 Å². The van der Waals surface area contributed by atoms with Gasteiger partial charge in [-0.1, -0.05) is 13.3 Å². The van der Waals surface area contributed by atoms with Gasteiger partial charge in [-0.2, -0.15) is 0 Å². The summed E-state index contributed by atoms with van der Waals surface area (Å²) in [5.74, 6) is 0. The Kier molecular flexibility index (Phi) is 7.41. The second-order valence-electron chi connectivity index (χ2n) is 4.58. The Morgan fingerprint density at radius 2 is 2.22 bits per heavy atom. The largest absolute Gasteiger partial charge is 0.395 e. The number of nitrogens with zero attached hydrogens (tertiary/aromatic N) is 1. The minimum atomic E-state index is 0.0546. The fourth-order valence-corrected chi connectivity index (χ4v) is 3.83. The first kappa shape index (κ1) is 16.1. The van der Waals surface area contributed by atoms with Crippen molar-refractivity contribution in [2.45, 2.75) is 38.8 Å². The van der Waals surface area contributed by atoms with E-state index in [9.17, 15) is 5.11 Å². The Morgan fingerprint density at radius 1 is 1.50 bits per heavy atom. The molecular formula is C13H23BrN2OS. The zero-order valence-electron chi connectivity index (χ0n) is 11.1. The van der Waals surface area contributed by atoms with E-state index in [0.717, 1.165) is 23.9 Å². The summed E-state index contributed by atoms with van der Waals surface area (Å²) in [4.78, 5) is 3.56. The molecule has 0 spiro atoms. The van der Waals surface area contributed by atoms with Gasteiger partial charge in [-0.3, -0.25) is 4.90 Å². The molecule has 1 aromatic heterocycles. The number of aliphatic hydroxyl groups is 1. The highest BCUT2D eigenvalue weighted by molar-refractivity contribution is 9.10. The van der Waals surface area contributed by atoms with Gasteiger partial charge in [-0.15, -0.1) is 11.3 Å². The molecule has 1 aromatic rings. The number of hydrogen-bond donors (Lipinski definition) is 2. The van der Waals surface area contributed by atoms with Crippen molar-refractivity contribution in [1.29, 1.82) is 0 Å². The van der Waals surface area contributed by atoms with Gasteiger partial charge in [0.2, 0.25) is 0 Å². The molecule has 3 N–H and O–H groups in total. The molecule has 5 heteroatoms. The van der Waals surface area contributed by atoms with Crippen LogP contribution in [0.3, 0.4) is 0 Å². The van der Waals surface area contributed by atoms with E-state index in [0.29, 0.717) is 6.54 Å². The molecule has 0 amide bonds. The van der Waals surface area contributed by atoms with Crippen LogP contribution in [0.5, 0.6) is 0 Å². The Balaban J connectivity index is 2.85. The summed E-state index contributed by atoms with van der Waals surface area (Å²) >= 11 is 5.22. The van der Waals surface area contributed by atoms with E-state index in [4.69, 9.17) is 5.73 Å². The maximum absolute atomic E-state index is 9.23. The van der Waals surface area contributed by atoms with Gasteiger partial charge in [0.25, 0.3) is 0 Å². The van der Waals surface area contributed by atoms with Gasteiger partial charge in [0.15, 0.2) is 0 Å². The molecule has 18 heavy (non-hydrogen) atoms. The fraction of sp³-hybridized carbons (Fsp3) is 0.692. The van der Waals surface area contributed by atoms with Crippen LogP contribution in [0.1, 0.15) is 37.6 Å². The van der Waals surface area contributed by atoms with Gasteiger partial charge >= 0.3 is 0 Å². The SMILES string of the molecule is CCCCN(CCO)C(c1cc(Br)cs1)C(C)N. The second-order valence-corrected chi connectivity index (χ2v) is 6.44. The quantitative estimate of drug-likeness (QED) is 0.768. The van der Waals surface area contributed by atoms with Crippen LogP contribution in [0, 0.1) is 0 Å². The van der Waals surface area contributed by atoms with E-state index < -0.39 is 0 Å². The maximum Gasteiger partial charge on any atom is 0.0591 e. The lowest BCUT2D eigenvalue weighted by Gasteiger charge is -2.33. The molecule has 2 atom stereocenters. The standard InChI is InChI=1S/C13H23BrN2OS/c1-3-4-5-16(6-7-17)13(10(2)15)12-8-11(14)9-18-12/h8-10,13,17H,3-7,15H2,1-2H3. The number of nitrogens with two attached hydrogens (primary N) is 1. The number of aliphatic hydroxyl groups excluding tert-OH is 1. The molecule has 0 aromatic carbocycles. The molecule has 0 fully saturated rings. The first-order valence-electron chi connectivity index (χ1n) is 6.44. The predicted octanol–water partition coefficient (Wildman–Crippen LogP) is 2.99. The summed E-state index contributed by atoms with van der Waals surface area (Å²) < 4.78 is 1.10. The molecule has 1 rings (SSSR count). The van der Waals surface area contributed by atoms with Crippen LogP contribution < -0.4 is 5.73 Å². The third kappa shape index (κ3) is 4.63. The molecule has 0 bridgehead atoms. The van der Waals surface area contributed by atoms with Crippen LogP contribution in [0.25, 0.3) is 0 Å². The number of unbranched alkanes of at least 4 members (excludes halogenated alkanes) is 1. The highest BCUT2D eigenvalue weighted by atomic mass is 79.9. The number of halogens is 1. The van der Waals surface area contributed by atoms with E-state index in [1.807, 2.05) is 6.92 Å². The average molecular weight is 335 g/mol. The lowest BCUT2D eigenvalue weighted by atomic mass is 10.1. The number of thiophene rings is 1. The van der Waals surface area contributed by atoms with Crippen LogP contribution in [0.4, 0.5) is 0 Å². The monoisotopic (exact) mass is 334 g/mol. The summed E-state index contributed by atoms with van der Waals surface area (Å²) in [7, 11) is 0. The summed E-state index contributed by atoms with van der Waals surface area (Å²) in [5, 5.41) is 11.3. The van der Waals surface area contributed by atoms with E-state index in [1.165, 1.54) is 4.88 Å². The third-order valence-electron chi connectivity index (χ3n) is 2.96. The van der Waals surface area contributed by atoms with Gasteiger partial charge in [0.1, 0.15) is 0 Å². The fourth-order valence-electron chi connectivity index (χ4n) is 2.13. The number of rotatable bonds is 8. The van der Waals surface area contributed by atoms with Crippen molar-refractivity contribution in [2.24, 2.45) is 5.73 Å². The Labute approximate surface area is 122 Å². The Morgan fingerprint density at radius 3 is 2.67 bits per heavy atom. The van der Waals surface area contributed by atoms with Crippen LogP contribution in [-0.2, 0) is 0 Å². The van der Waals surface area contributed by atoms with E-state index in [-0.39, 0.29) is 18.7 Å². The van der Waals surface area contributed by atoms with E-state index >= 15 is 0 Å².